The zero-order valence-corrected chi connectivity index (χ0v) is 12.6. The summed E-state index contributed by atoms with van der Waals surface area (Å²) in [5.74, 6) is -0.847. The van der Waals surface area contributed by atoms with Gasteiger partial charge in [0.05, 0.1) is 5.60 Å². The van der Waals surface area contributed by atoms with Gasteiger partial charge in [0.2, 0.25) is 0 Å². The Morgan fingerprint density at radius 3 is 2.32 bits per heavy atom. The number of alkyl halides is 1. The van der Waals surface area contributed by atoms with Crippen LogP contribution in [0, 0.1) is 5.92 Å². The van der Waals surface area contributed by atoms with Crippen molar-refractivity contribution in [3.05, 3.63) is 0 Å². The molecule has 2 rings (SSSR count). The van der Waals surface area contributed by atoms with Crippen LogP contribution < -0.4 is 0 Å². The number of hydrogen-bond donors (Lipinski definition) is 0. The highest BCUT2D eigenvalue weighted by atomic mass is 79.9. The van der Waals surface area contributed by atoms with Gasteiger partial charge in [0, 0.05) is 32.2 Å². The van der Waals surface area contributed by atoms with Gasteiger partial charge in [-0.3, -0.25) is 9.59 Å². The van der Waals surface area contributed by atoms with Crippen LogP contribution in [-0.4, -0.2) is 48.5 Å². The molecule has 1 saturated heterocycles. The third kappa shape index (κ3) is 2.78. The van der Waals surface area contributed by atoms with Gasteiger partial charge in [-0.1, -0.05) is 15.9 Å². The summed E-state index contributed by atoms with van der Waals surface area (Å²) in [6.45, 7) is 2.64. The number of halogens is 1. The van der Waals surface area contributed by atoms with E-state index in [2.05, 4.69) is 15.9 Å². The first kappa shape index (κ1) is 14.7. The van der Waals surface area contributed by atoms with E-state index in [4.69, 9.17) is 18.9 Å². The van der Waals surface area contributed by atoms with Gasteiger partial charge in [-0.25, -0.2) is 0 Å². The lowest BCUT2D eigenvalue weighted by atomic mass is 10.0. The molecule has 108 valence electrons. The molecule has 0 bridgehead atoms. The number of ether oxygens (including phenoxy) is 4. The predicted molar refractivity (Wildman–Crippen MR) is 67.6 cm³/mol. The van der Waals surface area contributed by atoms with Gasteiger partial charge in [-0.05, 0) is 6.42 Å². The van der Waals surface area contributed by atoms with Crippen LogP contribution >= 0.6 is 15.9 Å². The molecule has 0 amide bonds. The molecule has 0 spiro atoms. The summed E-state index contributed by atoms with van der Waals surface area (Å²) in [6.07, 6.45) is -1.25. The third-order valence-corrected chi connectivity index (χ3v) is 4.43. The van der Waals surface area contributed by atoms with Crippen LogP contribution in [-0.2, 0) is 28.5 Å². The SMILES string of the molecule is COC1OC2(CBr)CC2C(OC(C)=O)C1OC(C)=O. The number of esters is 2. The molecule has 0 aromatic carbocycles. The lowest BCUT2D eigenvalue weighted by molar-refractivity contribution is -0.267. The molecule has 2 aliphatic rings. The van der Waals surface area contributed by atoms with Gasteiger partial charge < -0.3 is 18.9 Å². The van der Waals surface area contributed by atoms with Crippen molar-refractivity contribution in [2.24, 2.45) is 5.92 Å². The Bertz CT molecular complexity index is 386. The van der Waals surface area contributed by atoms with E-state index in [9.17, 15) is 9.59 Å². The van der Waals surface area contributed by atoms with Gasteiger partial charge in [0.25, 0.3) is 0 Å². The van der Waals surface area contributed by atoms with Crippen molar-refractivity contribution in [1.29, 1.82) is 0 Å². The summed E-state index contributed by atoms with van der Waals surface area (Å²) in [7, 11) is 1.47. The van der Waals surface area contributed by atoms with Crippen molar-refractivity contribution >= 4 is 27.9 Å². The number of hydrogen-bond acceptors (Lipinski definition) is 6. The smallest absolute Gasteiger partial charge is 0.303 e. The van der Waals surface area contributed by atoms with Gasteiger partial charge in [-0.2, -0.15) is 0 Å². The maximum atomic E-state index is 11.2. The van der Waals surface area contributed by atoms with E-state index in [0.717, 1.165) is 6.42 Å². The van der Waals surface area contributed by atoms with E-state index in [-0.39, 0.29) is 5.92 Å². The second kappa shape index (κ2) is 5.38. The van der Waals surface area contributed by atoms with Crippen molar-refractivity contribution in [3.63, 3.8) is 0 Å². The van der Waals surface area contributed by atoms with Crippen molar-refractivity contribution < 1.29 is 28.5 Å². The largest absolute Gasteiger partial charge is 0.458 e. The first-order valence-corrected chi connectivity index (χ1v) is 7.16. The average molecular weight is 337 g/mol. The Morgan fingerprint density at radius 1 is 1.26 bits per heavy atom. The zero-order chi connectivity index (χ0) is 14.2. The predicted octanol–water partition coefficient (Wildman–Crippen LogP) is 1.01. The Kier molecular flexibility index (Phi) is 4.17. The van der Waals surface area contributed by atoms with E-state index in [0.29, 0.717) is 5.33 Å². The monoisotopic (exact) mass is 336 g/mol. The topological polar surface area (TPSA) is 71.1 Å². The van der Waals surface area contributed by atoms with Crippen LogP contribution in [0.25, 0.3) is 0 Å². The molecule has 1 aliphatic heterocycles. The minimum absolute atomic E-state index is 0.0199. The molecule has 1 aliphatic carbocycles. The quantitative estimate of drug-likeness (QED) is 0.563. The highest BCUT2D eigenvalue weighted by Crippen LogP contribution is 2.56. The minimum Gasteiger partial charge on any atom is -0.458 e. The molecule has 5 atom stereocenters. The Morgan fingerprint density at radius 2 is 1.84 bits per heavy atom. The highest BCUT2D eigenvalue weighted by molar-refractivity contribution is 9.09. The fraction of sp³-hybridized carbons (Fsp3) is 0.833. The normalized spacial score (nSPS) is 40.2. The lowest BCUT2D eigenvalue weighted by Crippen LogP contribution is -2.54. The molecule has 2 fully saturated rings. The summed E-state index contributed by atoms with van der Waals surface area (Å²) in [6, 6.07) is 0. The van der Waals surface area contributed by atoms with E-state index in [1.54, 1.807) is 0 Å². The number of fused-ring (bicyclic) bond motifs is 1. The zero-order valence-electron chi connectivity index (χ0n) is 11.1. The van der Waals surface area contributed by atoms with Crippen molar-refractivity contribution in [3.8, 4) is 0 Å². The summed E-state index contributed by atoms with van der Waals surface area (Å²) >= 11 is 3.40. The summed E-state index contributed by atoms with van der Waals surface area (Å²) in [5.41, 5.74) is -0.391. The van der Waals surface area contributed by atoms with Crippen LogP contribution in [0.4, 0.5) is 0 Å². The average Bonchev–Trinajstić information content (AvgIpc) is 3.06. The number of carbonyl (C=O) groups excluding carboxylic acids is 2. The van der Waals surface area contributed by atoms with Crippen LogP contribution in [0.1, 0.15) is 20.3 Å². The first-order chi connectivity index (χ1) is 8.93. The standard InChI is InChI=1S/C12H17BrO6/c1-6(14)17-9-8-4-12(8,5-13)19-11(16-3)10(9)18-7(2)15/h8-11H,4-5H2,1-3H3. The molecule has 1 heterocycles. The highest BCUT2D eigenvalue weighted by Gasteiger charge is 2.68. The molecule has 0 aromatic rings. The Balaban J connectivity index is 2.21. The molecule has 0 aromatic heterocycles. The van der Waals surface area contributed by atoms with Gasteiger partial charge in [0.15, 0.2) is 12.4 Å². The maximum absolute atomic E-state index is 11.2. The minimum atomic E-state index is -0.732. The first-order valence-electron chi connectivity index (χ1n) is 6.04. The van der Waals surface area contributed by atoms with Gasteiger partial charge >= 0.3 is 11.9 Å². The van der Waals surface area contributed by atoms with Crippen molar-refractivity contribution in [1.82, 2.24) is 0 Å². The molecule has 6 nitrogen and oxygen atoms in total. The van der Waals surface area contributed by atoms with E-state index in [1.165, 1.54) is 21.0 Å². The second-order valence-corrected chi connectivity index (χ2v) is 5.44. The van der Waals surface area contributed by atoms with Crippen LogP contribution in [0.5, 0.6) is 0 Å². The molecule has 19 heavy (non-hydrogen) atoms. The number of carbonyl (C=O) groups is 2. The lowest BCUT2D eigenvalue weighted by Gasteiger charge is -2.38. The van der Waals surface area contributed by atoms with E-state index < -0.39 is 36.0 Å². The van der Waals surface area contributed by atoms with Crippen LogP contribution in [0.15, 0.2) is 0 Å². The number of methoxy groups -OCH3 is 1. The van der Waals surface area contributed by atoms with Gasteiger partial charge in [0.1, 0.15) is 6.10 Å². The second-order valence-electron chi connectivity index (χ2n) is 4.88. The van der Waals surface area contributed by atoms with Crippen molar-refractivity contribution in [2.75, 3.05) is 12.4 Å². The third-order valence-electron chi connectivity index (χ3n) is 3.48. The molecule has 5 unspecified atom stereocenters. The maximum Gasteiger partial charge on any atom is 0.303 e. The molecular formula is C12H17BrO6. The molecule has 1 saturated carbocycles. The van der Waals surface area contributed by atoms with E-state index in [1.807, 2.05) is 0 Å². The Hall–Kier alpha value is -0.660. The summed E-state index contributed by atoms with van der Waals surface area (Å²) in [5, 5.41) is 0.620. The number of rotatable bonds is 4. The van der Waals surface area contributed by atoms with Gasteiger partial charge in [-0.15, -0.1) is 0 Å². The summed E-state index contributed by atoms with van der Waals surface area (Å²) in [4.78, 5) is 22.4. The summed E-state index contributed by atoms with van der Waals surface area (Å²) < 4.78 is 21.6. The van der Waals surface area contributed by atoms with E-state index >= 15 is 0 Å². The fourth-order valence-electron chi connectivity index (χ4n) is 2.57. The van der Waals surface area contributed by atoms with Crippen molar-refractivity contribution in [2.45, 2.75) is 44.4 Å². The molecule has 7 heteroatoms. The molecular weight excluding hydrogens is 320 g/mol. The molecule has 0 N–H and O–H groups in total. The Labute approximate surface area is 119 Å². The molecule has 0 radical (unpaired) electrons. The fourth-order valence-corrected chi connectivity index (χ4v) is 3.35. The van der Waals surface area contributed by atoms with Crippen LogP contribution in [0.2, 0.25) is 0 Å². The van der Waals surface area contributed by atoms with Crippen LogP contribution in [0.3, 0.4) is 0 Å².